The first kappa shape index (κ1) is 18.6. The Kier molecular flexibility index (Phi) is 7.36. The first-order valence-corrected chi connectivity index (χ1v) is 8.85. The summed E-state index contributed by atoms with van der Waals surface area (Å²) < 4.78 is 45.1. The summed E-state index contributed by atoms with van der Waals surface area (Å²) in [5.41, 5.74) is 0.248. The number of rotatable bonds is 8. The van der Waals surface area contributed by atoms with E-state index >= 15 is 0 Å². The molecule has 8 heteroatoms. The Morgan fingerprint density at radius 1 is 1.33 bits per heavy atom. The molecule has 0 saturated heterocycles. The second kappa shape index (κ2) is 8.29. The third kappa shape index (κ3) is 4.53. The SMILES string of the molecule is CCOCCN(CC)S(=O)(=O)c1cc(F)c(Cl)c(CCl)c1. The van der Waals surface area contributed by atoms with Gasteiger partial charge in [-0.05, 0) is 24.6 Å². The predicted molar refractivity (Wildman–Crippen MR) is 81.9 cm³/mol. The van der Waals surface area contributed by atoms with E-state index in [1.54, 1.807) is 6.92 Å². The molecule has 0 spiro atoms. The molecule has 0 radical (unpaired) electrons. The normalized spacial score (nSPS) is 12.1. The summed E-state index contributed by atoms with van der Waals surface area (Å²) in [6, 6.07) is 2.22. The van der Waals surface area contributed by atoms with E-state index in [4.69, 9.17) is 27.9 Å². The summed E-state index contributed by atoms with van der Waals surface area (Å²) in [6.45, 7) is 4.78. The van der Waals surface area contributed by atoms with E-state index in [1.165, 1.54) is 10.4 Å². The Labute approximate surface area is 134 Å². The molecule has 0 atom stereocenters. The maximum atomic E-state index is 13.7. The molecule has 0 bridgehead atoms. The smallest absolute Gasteiger partial charge is 0.243 e. The second-order valence-corrected chi connectivity index (χ2v) is 6.79. The van der Waals surface area contributed by atoms with Crippen LogP contribution in [0.15, 0.2) is 17.0 Å². The molecule has 0 N–H and O–H groups in total. The van der Waals surface area contributed by atoms with Gasteiger partial charge in [0.15, 0.2) is 0 Å². The maximum absolute atomic E-state index is 13.7. The van der Waals surface area contributed by atoms with Gasteiger partial charge in [0.1, 0.15) is 5.82 Å². The van der Waals surface area contributed by atoms with E-state index in [9.17, 15) is 12.8 Å². The van der Waals surface area contributed by atoms with Gasteiger partial charge in [0.25, 0.3) is 0 Å². The van der Waals surface area contributed by atoms with Crippen LogP contribution in [-0.4, -0.2) is 39.0 Å². The average Bonchev–Trinajstić information content (AvgIpc) is 2.46. The van der Waals surface area contributed by atoms with E-state index in [0.717, 1.165) is 6.07 Å². The molecule has 21 heavy (non-hydrogen) atoms. The summed E-state index contributed by atoms with van der Waals surface area (Å²) in [5, 5.41) is -0.152. The molecule has 1 aromatic carbocycles. The quantitative estimate of drug-likeness (QED) is 0.529. The molecule has 0 aromatic heterocycles. The third-order valence-electron chi connectivity index (χ3n) is 2.90. The second-order valence-electron chi connectivity index (χ2n) is 4.21. The number of likely N-dealkylation sites (N-methyl/N-ethyl adjacent to an activating group) is 1. The highest BCUT2D eigenvalue weighted by Gasteiger charge is 2.25. The monoisotopic (exact) mass is 357 g/mol. The van der Waals surface area contributed by atoms with Gasteiger partial charge < -0.3 is 4.74 Å². The number of hydrogen-bond acceptors (Lipinski definition) is 3. The van der Waals surface area contributed by atoms with E-state index in [-0.39, 0.29) is 41.1 Å². The summed E-state index contributed by atoms with van der Waals surface area (Å²) in [6.07, 6.45) is 0. The van der Waals surface area contributed by atoms with Crippen LogP contribution in [0.4, 0.5) is 4.39 Å². The van der Waals surface area contributed by atoms with Crippen molar-refractivity contribution in [1.82, 2.24) is 4.31 Å². The van der Waals surface area contributed by atoms with E-state index in [0.29, 0.717) is 6.61 Å². The molecule has 1 rings (SSSR count). The first-order chi connectivity index (χ1) is 9.88. The molecule has 0 aliphatic carbocycles. The van der Waals surface area contributed by atoms with Crippen molar-refractivity contribution in [3.8, 4) is 0 Å². The average molecular weight is 358 g/mol. The summed E-state index contributed by atoms with van der Waals surface area (Å²) in [5.74, 6) is -0.862. The lowest BCUT2D eigenvalue weighted by Gasteiger charge is -2.21. The number of alkyl halides is 1. The van der Waals surface area contributed by atoms with Gasteiger partial charge >= 0.3 is 0 Å². The lowest BCUT2D eigenvalue weighted by atomic mass is 10.2. The van der Waals surface area contributed by atoms with Gasteiger partial charge in [-0.25, -0.2) is 12.8 Å². The first-order valence-electron chi connectivity index (χ1n) is 6.50. The Hall–Kier alpha value is -0.400. The zero-order valence-electron chi connectivity index (χ0n) is 11.9. The number of nitrogens with zero attached hydrogens (tertiary/aromatic N) is 1. The van der Waals surface area contributed by atoms with Crippen LogP contribution in [0.5, 0.6) is 0 Å². The van der Waals surface area contributed by atoms with Crippen LogP contribution < -0.4 is 0 Å². The van der Waals surface area contributed by atoms with Crippen molar-refractivity contribution in [2.45, 2.75) is 24.6 Å². The minimum atomic E-state index is -3.81. The van der Waals surface area contributed by atoms with Gasteiger partial charge in [0.2, 0.25) is 10.0 Å². The Morgan fingerprint density at radius 3 is 2.52 bits per heavy atom. The highest BCUT2D eigenvalue weighted by Crippen LogP contribution is 2.27. The van der Waals surface area contributed by atoms with Crippen molar-refractivity contribution in [1.29, 1.82) is 0 Å². The van der Waals surface area contributed by atoms with Crippen molar-refractivity contribution >= 4 is 33.2 Å². The molecule has 0 unspecified atom stereocenters. The molecule has 0 heterocycles. The van der Waals surface area contributed by atoms with Crippen molar-refractivity contribution < 1.29 is 17.5 Å². The van der Waals surface area contributed by atoms with Crippen LogP contribution in [0.1, 0.15) is 19.4 Å². The highest BCUT2D eigenvalue weighted by atomic mass is 35.5. The molecule has 0 aliphatic heterocycles. The van der Waals surface area contributed by atoms with E-state index in [2.05, 4.69) is 0 Å². The van der Waals surface area contributed by atoms with Gasteiger partial charge in [-0.15, -0.1) is 11.6 Å². The Balaban J connectivity index is 3.13. The van der Waals surface area contributed by atoms with E-state index < -0.39 is 15.8 Å². The lowest BCUT2D eigenvalue weighted by Crippen LogP contribution is -2.34. The topological polar surface area (TPSA) is 46.6 Å². The van der Waals surface area contributed by atoms with Gasteiger partial charge in [-0.3, -0.25) is 0 Å². The standard InChI is InChI=1S/C13H18Cl2FNO3S/c1-3-17(5-6-20-4-2)21(18,19)11-7-10(9-14)13(15)12(16)8-11/h7-8H,3-6,9H2,1-2H3. The third-order valence-corrected chi connectivity index (χ3v) is 5.56. The highest BCUT2D eigenvalue weighted by molar-refractivity contribution is 7.89. The van der Waals surface area contributed by atoms with Crippen molar-refractivity contribution in [3.63, 3.8) is 0 Å². The van der Waals surface area contributed by atoms with Crippen LogP contribution >= 0.6 is 23.2 Å². The van der Waals surface area contributed by atoms with Crippen molar-refractivity contribution in [2.75, 3.05) is 26.3 Å². The number of halogens is 3. The van der Waals surface area contributed by atoms with Gasteiger partial charge in [-0.2, -0.15) is 4.31 Å². The van der Waals surface area contributed by atoms with Crippen LogP contribution in [0.3, 0.4) is 0 Å². The fourth-order valence-electron chi connectivity index (χ4n) is 1.77. The van der Waals surface area contributed by atoms with Crippen molar-refractivity contribution in [3.05, 3.63) is 28.5 Å². The molecule has 0 amide bonds. The Bertz CT molecular complexity index is 581. The van der Waals surface area contributed by atoms with Crippen LogP contribution in [0.2, 0.25) is 5.02 Å². The lowest BCUT2D eigenvalue weighted by molar-refractivity contribution is 0.135. The zero-order valence-corrected chi connectivity index (χ0v) is 14.2. The number of hydrogen-bond donors (Lipinski definition) is 0. The molecular formula is C13H18Cl2FNO3S. The van der Waals surface area contributed by atoms with Gasteiger partial charge in [0.05, 0.1) is 16.5 Å². The van der Waals surface area contributed by atoms with Gasteiger partial charge in [-0.1, -0.05) is 18.5 Å². The number of benzene rings is 1. The minimum absolute atomic E-state index is 0.0653. The van der Waals surface area contributed by atoms with Crippen LogP contribution in [-0.2, 0) is 20.6 Å². The van der Waals surface area contributed by atoms with Crippen molar-refractivity contribution in [2.24, 2.45) is 0 Å². The molecule has 0 aliphatic rings. The van der Waals surface area contributed by atoms with Gasteiger partial charge in [0, 0.05) is 25.6 Å². The van der Waals surface area contributed by atoms with E-state index in [1.807, 2.05) is 6.92 Å². The molecule has 0 fully saturated rings. The zero-order chi connectivity index (χ0) is 16.0. The summed E-state index contributed by atoms with van der Waals surface area (Å²) in [4.78, 5) is -0.154. The largest absolute Gasteiger partial charge is 0.380 e. The van der Waals surface area contributed by atoms with Crippen LogP contribution in [0.25, 0.3) is 0 Å². The molecule has 0 saturated carbocycles. The Morgan fingerprint density at radius 2 is 2.00 bits per heavy atom. The molecule has 120 valence electrons. The summed E-state index contributed by atoms with van der Waals surface area (Å²) >= 11 is 11.4. The molecule has 1 aromatic rings. The number of sulfonamides is 1. The number of ether oxygens (including phenoxy) is 1. The van der Waals surface area contributed by atoms with Crippen LogP contribution in [0, 0.1) is 5.82 Å². The maximum Gasteiger partial charge on any atom is 0.243 e. The fourth-order valence-corrected chi connectivity index (χ4v) is 3.72. The minimum Gasteiger partial charge on any atom is -0.380 e. The predicted octanol–water partition coefficient (Wildman–Crippen LogP) is 3.27. The summed E-state index contributed by atoms with van der Waals surface area (Å²) in [7, 11) is -3.81. The molecular weight excluding hydrogens is 340 g/mol. The fraction of sp³-hybridized carbons (Fsp3) is 0.538. The molecule has 4 nitrogen and oxygen atoms in total.